The largest absolute Gasteiger partial charge is 0.480 e. The van der Waals surface area contributed by atoms with Crippen LogP contribution >= 0.6 is 0 Å². The molecule has 1 N–H and O–H groups in total. The summed E-state index contributed by atoms with van der Waals surface area (Å²) in [5, 5.41) is 9.23. The summed E-state index contributed by atoms with van der Waals surface area (Å²) in [6, 6.07) is 0. The van der Waals surface area contributed by atoms with E-state index in [2.05, 4.69) is 4.90 Å². The molecular weight excluding hydrogens is 194 g/mol. The van der Waals surface area contributed by atoms with Gasteiger partial charge in [-0.2, -0.15) is 0 Å². The molecule has 2 saturated heterocycles. The predicted octanol–water partition coefficient (Wildman–Crippen LogP) is 1.10. The van der Waals surface area contributed by atoms with Crippen LogP contribution in [0.15, 0.2) is 0 Å². The molecule has 86 valence electrons. The molecule has 4 nitrogen and oxygen atoms in total. The van der Waals surface area contributed by atoms with E-state index in [0.29, 0.717) is 0 Å². The number of nitrogens with zero attached hydrogens (tertiary/aromatic N) is 1. The van der Waals surface area contributed by atoms with E-state index in [1.54, 1.807) is 0 Å². The summed E-state index contributed by atoms with van der Waals surface area (Å²) in [6.07, 6.45) is 4.18. The Kier molecular flexibility index (Phi) is 2.98. The second-order valence-electron chi connectivity index (χ2n) is 4.76. The van der Waals surface area contributed by atoms with Crippen LogP contribution in [0.25, 0.3) is 0 Å². The SMILES string of the molecule is CC1(C(=O)O)CCCN1CC1CCCO1. The number of hydrogen-bond donors (Lipinski definition) is 1. The van der Waals surface area contributed by atoms with Crippen molar-refractivity contribution in [3.63, 3.8) is 0 Å². The highest BCUT2D eigenvalue weighted by atomic mass is 16.5. The molecule has 2 aliphatic rings. The quantitative estimate of drug-likeness (QED) is 0.763. The van der Waals surface area contributed by atoms with Crippen molar-refractivity contribution in [3.05, 3.63) is 0 Å². The number of rotatable bonds is 3. The Morgan fingerprint density at radius 3 is 3.00 bits per heavy atom. The topological polar surface area (TPSA) is 49.8 Å². The highest BCUT2D eigenvalue weighted by molar-refractivity contribution is 5.78. The van der Waals surface area contributed by atoms with Gasteiger partial charge in [0.1, 0.15) is 5.54 Å². The summed E-state index contributed by atoms with van der Waals surface area (Å²) in [7, 11) is 0. The van der Waals surface area contributed by atoms with Gasteiger partial charge in [0.05, 0.1) is 6.10 Å². The van der Waals surface area contributed by atoms with E-state index in [1.807, 2.05) is 6.92 Å². The summed E-state index contributed by atoms with van der Waals surface area (Å²) in [5.41, 5.74) is -0.661. The molecule has 0 aliphatic carbocycles. The summed E-state index contributed by atoms with van der Waals surface area (Å²) in [6.45, 7) is 4.34. The molecule has 0 aromatic heterocycles. The Bertz CT molecular complexity index is 250. The monoisotopic (exact) mass is 213 g/mol. The highest BCUT2D eigenvalue weighted by Crippen LogP contribution is 2.30. The Balaban J connectivity index is 1.98. The summed E-state index contributed by atoms with van der Waals surface area (Å²) >= 11 is 0. The van der Waals surface area contributed by atoms with E-state index in [0.717, 1.165) is 45.4 Å². The van der Waals surface area contributed by atoms with E-state index in [4.69, 9.17) is 4.74 Å². The van der Waals surface area contributed by atoms with Gasteiger partial charge in [-0.05, 0) is 39.2 Å². The molecule has 0 spiro atoms. The van der Waals surface area contributed by atoms with Crippen LogP contribution in [0.5, 0.6) is 0 Å². The van der Waals surface area contributed by atoms with Crippen LogP contribution in [0.4, 0.5) is 0 Å². The van der Waals surface area contributed by atoms with Gasteiger partial charge in [-0.1, -0.05) is 0 Å². The lowest BCUT2D eigenvalue weighted by Crippen LogP contribution is -2.50. The lowest BCUT2D eigenvalue weighted by molar-refractivity contribution is -0.149. The lowest BCUT2D eigenvalue weighted by atomic mass is 9.99. The second kappa shape index (κ2) is 4.10. The summed E-state index contributed by atoms with van der Waals surface area (Å²) in [4.78, 5) is 13.3. The van der Waals surface area contributed by atoms with Gasteiger partial charge in [0.15, 0.2) is 0 Å². The van der Waals surface area contributed by atoms with Crippen molar-refractivity contribution in [2.45, 2.75) is 44.2 Å². The van der Waals surface area contributed by atoms with Gasteiger partial charge in [0, 0.05) is 13.2 Å². The van der Waals surface area contributed by atoms with E-state index in [1.165, 1.54) is 0 Å². The van der Waals surface area contributed by atoms with Gasteiger partial charge >= 0.3 is 5.97 Å². The Hall–Kier alpha value is -0.610. The van der Waals surface area contributed by atoms with Crippen LogP contribution in [0.1, 0.15) is 32.6 Å². The number of ether oxygens (including phenoxy) is 1. The van der Waals surface area contributed by atoms with E-state index >= 15 is 0 Å². The first-order chi connectivity index (χ1) is 7.13. The van der Waals surface area contributed by atoms with Crippen LogP contribution in [-0.2, 0) is 9.53 Å². The summed E-state index contributed by atoms with van der Waals surface area (Å²) < 4.78 is 5.55. The molecule has 0 bridgehead atoms. The van der Waals surface area contributed by atoms with Gasteiger partial charge in [0.25, 0.3) is 0 Å². The number of carboxylic acid groups (broad SMARTS) is 1. The zero-order chi connectivity index (χ0) is 10.9. The Morgan fingerprint density at radius 2 is 2.40 bits per heavy atom. The second-order valence-corrected chi connectivity index (χ2v) is 4.76. The van der Waals surface area contributed by atoms with Crippen LogP contribution in [0.2, 0.25) is 0 Å². The van der Waals surface area contributed by atoms with E-state index in [-0.39, 0.29) is 6.10 Å². The fourth-order valence-electron chi connectivity index (χ4n) is 2.59. The zero-order valence-corrected chi connectivity index (χ0v) is 9.24. The maximum Gasteiger partial charge on any atom is 0.323 e. The molecule has 0 radical (unpaired) electrons. The molecule has 15 heavy (non-hydrogen) atoms. The number of carboxylic acids is 1. The van der Waals surface area contributed by atoms with Crippen LogP contribution in [-0.4, -0.2) is 47.3 Å². The van der Waals surface area contributed by atoms with Gasteiger partial charge < -0.3 is 9.84 Å². The minimum atomic E-state index is -0.696. The molecule has 2 unspecified atom stereocenters. The van der Waals surface area contributed by atoms with Gasteiger partial charge in [-0.25, -0.2) is 0 Å². The zero-order valence-electron chi connectivity index (χ0n) is 9.24. The first-order valence-corrected chi connectivity index (χ1v) is 5.73. The maximum absolute atomic E-state index is 11.2. The van der Waals surface area contributed by atoms with Gasteiger partial charge in [0.2, 0.25) is 0 Å². The maximum atomic E-state index is 11.2. The van der Waals surface area contributed by atoms with Crippen LogP contribution < -0.4 is 0 Å². The van der Waals surface area contributed by atoms with Crippen LogP contribution in [0.3, 0.4) is 0 Å². The minimum Gasteiger partial charge on any atom is -0.480 e. The van der Waals surface area contributed by atoms with E-state index < -0.39 is 11.5 Å². The Labute approximate surface area is 90.2 Å². The van der Waals surface area contributed by atoms with Crippen molar-refractivity contribution in [3.8, 4) is 0 Å². The number of aliphatic carboxylic acids is 1. The van der Waals surface area contributed by atoms with Crippen molar-refractivity contribution in [2.24, 2.45) is 0 Å². The molecule has 2 heterocycles. The molecule has 0 aromatic rings. The van der Waals surface area contributed by atoms with Crippen molar-refractivity contribution in [2.75, 3.05) is 19.7 Å². The standard InChI is InChI=1S/C11H19NO3/c1-11(10(13)14)5-3-6-12(11)8-9-4-2-7-15-9/h9H,2-8H2,1H3,(H,13,14). The fraction of sp³-hybridized carbons (Fsp3) is 0.909. The molecule has 2 fully saturated rings. The number of hydrogen-bond acceptors (Lipinski definition) is 3. The lowest BCUT2D eigenvalue weighted by Gasteiger charge is -2.32. The molecule has 0 aromatic carbocycles. The van der Waals surface area contributed by atoms with E-state index in [9.17, 15) is 9.90 Å². The average molecular weight is 213 g/mol. The van der Waals surface area contributed by atoms with Crippen molar-refractivity contribution in [1.82, 2.24) is 4.90 Å². The molecular formula is C11H19NO3. The van der Waals surface area contributed by atoms with Gasteiger partial charge in [-0.15, -0.1) is 0 Å². The van der Waals surface area contributed by atoms with Crippen molar-refractivity contribution in [1.29, 1.82) is 0 Å². The predicted molar refractivity (Wildman–Crippen MR) is 55.8 cm³/mol. The molecule has 2 aliphatic heterocycles. The smallest absolute Gasteiger partial charge is 0.323 e. The van der Waals surface area contributed by atoms with Crippen molar-refractivity contribution >= 4 is 5.97 Å². The molecule has 2 rings (SSSR count). The number of carbonyl (C=O) groups is 1. The Morgan fingerprint density at radius 1 is 1.60 bits per heavy atom. The number of likely N-dealkylation sites (tertiary alicyclic amines) is 1. The highest BCUT2D eigenvalue weighted by Gasteiger charge is 2.44. The fourth-order valence-corrected chi connectivity index (χ4v) is 2.59. The molecule has 0 saturated carbocycles. The third-order valence-corrected chi connectivity index (χ3v) is 3.70. The molecule has 2 atom stereocenters. The summed E-state index contributed by atoms with van der Waals surface area (Å²) in [5.74, 6) is -0.696. The minimum absolute atomic E-state index is 0.252. The first-order valence-electron chi connectivity index (χ1n) is 5.73. The normalized spacial score (nSPS) is 37.3. The third kappa shape index (κ3) is 2.01. The average Bonchev–Trinajstić information content (AvgIpc) is 2.78. The molecule has 0 amide bonds. The van der Waals surface area contributed by atoms with Gasteiger partial charge in [-0.3, -0.25) is 9.69 Å². The van der Waals surface area contributed by atoms with Crippen LogP contribution in [0, 0.1) is 0 Å². The molecule has 4 heteroatoms. The third-order valence-electron chi connectivity index (χ3n) is 3.70. The van der Waals surface area contributed by atoms with Crippen molar-refractivity contribution < 1.29 is 14.6 Å². The first kappa shape index (κ1) is 10.9.